The molecule has 88 valence electrons. The summed E-state index contributed by atoms with van der Waals surface area (Å²) in [5.41, 5.74) is 0.508. The Labute approximate surface area is 99.8 Å². The molecule has 17 heavy (non-hydrogen) atoms. The predicted molar refractivity (Wildman–Crippen MR) is 61.1 cm³/mol. The molecule has 0 spiro atoms. The zero-order valence-corrected chi connectivity index (χ0v) is 9.55. The second kappa shape index (κ2) is 6.44. The summed E-state index contributed by atoms with van der Waals surface area (Å²) in [5, 5.41) is 8.95. The molecule has 0 aliphatic rings. The largest absolute Gasteiger partial charge is 0.460 e. The Balaban J connectivity index is 2.79. The van der Waals surface area contributed by atoms with Gasteiger partial charge in [-0.25, -0.2) is 4.79 Å². The average molecular weight is 231 g/mol. The minimum absolute atomic E-state index is 0.192. The van der Waals surface area contributed by atoms with E-state index in [-0.39, 0.29) is 6.61 Å². The van der Waals surface area contributed by atoms with Crippen LogP contribution in [0.4, 0.5) is 0 Å². The third kappa shape index (κ3) is 3.42. The van der Waals surface area contributed by atoms with Crippen molar-refractivity contribution in [3.05, 3.63) is 35.9 Å². The van der Waals surface area contributed by atoms with Crippen molar-refractivity contribution in [3.63, 3.8) is 0 Å². The summed E-state index contributed by atoms with van der Waals surface area (Å²) in [4.78, 5) is 23.0. The average Bonchev–Trinajstić information content (AvgIpc) is 2.38. The zero-order chi connectivity index (χ0) is 12.7. The van der Waals surface area contributed by atoms with Crippen LogP contribution in [0.5, 0.6) is 0 Å². The fourth-order valence-electron chi connectivity index (χ4n) is 1.31. The first-order chi connectivity index (χ1) is 8.20. The van der Waals surface area contributed by atoms with Gasteiger partial charge in [-0.05, 0) is 12.0 Å². The molecule has 0 unspecified atom stereocenters. The standard InChI is InChI=1S/C13H13NO3/c1-2-8-17-13(16)12(15)11(9-14)10-6-4-3-5-7-10/h3-7,11H,2,8H2,1H3/t11-/m1/s1. The van der Waals surface area contributed by atoms with Gasteiger partial charge in [0.1, 0.15) is 5.92 Å². The third-order valence-corrected chi connectivity index (χ3v) is 2.16. The van der Waals surface area contributed by atoms with Crippen molar-refractivity contribution in [2.24, 2.45) is 0 Å². The topological polar surface area (TPSA) is 67.2 Å². The molecular formula is C13H13NO3. The molecule has 1 atom stereocenters. The molecule has 0 aliphatic carbocycles. The van der Waals surface area contributed by atoms with Gasteiger partial charge in [-0.1, -0.05) is 37.3 Å². The van der Waals surface area contributed by atoms with E-state index in [4.69, 9.17) is 10.00 Å². The van der Waals surface area contributed by atoms with Crippen molar-refractivity contribution >= 4 is 11.8 Å². The number of ether oxygens (including phenoxy) is 1. The summed E-state index contributed by atoms with van der Waals surface area (Å²) in [6, 6.07) is 10.3. The second-order valence-corrected chi connectivity index (χ2v) is 3.47. The van der Waals surface area contributed by atoms with Crippen molar-refractivity contribution in [1.29, 1.82) is 5.26 Å². The number of benzene rings is 1. The molecule has 0 heterocycles. The van der Waals surface area contributed by atoms with Crippen LogP contribution in [0.2, 0.25) is 0 Å². The van der Waals surface area contributed by atoms with Crippen LogP contribution in [0.3, 0.4) is 0 Å². The van der Waals surface area contributed by atoms with Gasteiger partial charge in [0.25, 0.3) is 5.78 Å². The number of carbonyl (C=O) groups is 2. The smallest absolute Gasteiger partial charge is 0.376 e. The van der Waals surface area contributed by atoms with E-state index in [0.29, 0.717) is 12.0 Å². The summed E-state index contributed by atoms with van der Waals surface area (Å²) in [5.74, 6) is -2.84. The van der Waals surface area contributed by atoms with Crippen molar-refractivity contribution in [3.8, 4) is 6.07 Å². The monoisotopic (exact) mass is 231 g/mol. The Hall–Kier alpha value is -2.15. The Bertz CT molecular complexity index is 434. The van der Waals surface area contributed by atoms with Gasteiger partial charge >= 0.3 is 5.97 Å². The molecule has 0 aromatic heterocycles. The van der Waals surface area contributed by atoms with Crippen molar-refractivity contribution in [1.82, 2.24) is 0 Å². The fourth-order valence-corrected chi connectivity index (χ4v) is 1.31. The first-order valence-corrected chi connectivity index (χ1v) is 5.36. The lowest BCUT2D eigenvalue weighted by atomic mass is 9.96. The van der Waals surface area contributed by atoms with E-state index in [2.05, 4.69) is 0 Å². The van der Waals surface area contributed by atoms with Crippen LogP contribution < -0.4 is 0 Å². The number of carbonyl (C=O) groups excluding carboxylic acids is 2. The molecule has 0 amide bonds. The van der Waals surface area contributed by atoms with Crippen LogP contribution in [0.25, 0.3) is 0 Å². The number of rotatable bonds is 5. The lowest BCUT2D eigenvalue weighted by Crippen LogP contribution is -2.24. The number of ketones is 1. The summed E-state index contributed by atoms with van der Waals surface area (Å²) in [6.45, 7) is 2.02. The van der Waals surface area contributed by atoms with Crippen LogP contribution in [0.1, 0.15) is 24.8 Å². The summed E-state index contributed by atoms with van der Waals surface area (Å²) < 4.78 is 4.72. The van der Waals surface area contributed by atoms with E-state index in [1.807, 2.05) is 13.0 Å². The minimum atomic E-state index is -1.08. The first kappa shape index (κ1) is 12.9. The van der Waals surface area contributed by atoms with E-state index in [9.17, 15) is 9.59 Å². The lowest BCUT2D eigenvalue weighted by Gasteiger charge is -2.07. The highest BCUT2D eigenvalue weighted by atomic mass is 16.5. The van der Waals surface area contributed by atoms with Crippen molar-refractivity contribution in [2.75, 3.05) is 6.61 Å². The molecule has 0 N–H and O–H groups in total. The van der Waals surface area contributed by atoms with Gasteiger partial charge in [0.15, 0.2) is 0 Å². The van der Waals surface area contributed by atoms with Gasteiger partial charge in [-0.2, -0.15) is 5.26 Å². The molecule has 0 saturated heterocycles. The highest BCUT2D eigenvalue weighted by Crippen LogP contribution is 2.16. The Kier molecular flexibility index (Phi) is 4.89. The normalized spacial score (nSPS) is 11.3. The number of Topliss-reactive ketones (excluding diaryl/α,β-unsaturated/α-hetero) is 1. The SMILES string of the molecule is CCCOC(=O)C(=O)[C@H](C#N)c1ccccc1. The van der Waals surface area contributed by atoms with Crippen molar-refractivity contribution < 1.29 is 14.3 Å². The predicted octanol–water partition coefficient (Wildman–Crippen LogP) is 1.82. The highest BCUT2D eigenvalue weighted by molar-refractivity contribution is 6.36. The van der Waals surface area contributed by atoms with Gasteiger partial charge in [-0.15, -0.1) is 0 Å². The first-order valence-electron chi connectivity index (χ1n) is 5.36. The quantitative estimate of drug-likeness (QED) is 0.572. The van der Waals surface area contributed by atoms with E-state index < -0.39 is 17.7 Å². The maximum absolute atomic E-state index is 11.7. The molecular weight excluding hydrogens is 218 g/mol. The van der Waals surface area contributed by atoms with Gasteiger partial charge in [-0.3, -0.25) is 4.79 Å². The van der Waals surface area contributed by atoms with E-state index in [1.54, 1.807) is 30.3 Å². The molecule has 1 aromatic carbocycles. The minimum Gasteiger partial charge on any atom is -0.460 e. The van der Waals surface area contributed by atoms with E-state index in [0.717, 1.165) is 0 Å². The summed E-state index contributed by atoms with van der Waals surface area (Å²) in [6.07, 6.45) is 0.640. The van der Waals surface area contributed by atoms with Crippen LogP contribution in [0, 0.1) is 11.3 Å². The molecule has 4 nitrogen and oxygen atoms in total. The molecule has 0 saturated carbocycles. The Morgan fingerprint density at radius 1 is 1.35 bits per heavy atom. The Morgan fingerprint density at radius 2 is 2.00 bits per heavy atom. The van der Waals surface area contributed by atoms with Crippen molar-refractivity contribution in [2.45, 2.75) is 19.3 Å². The zero-order valence-electron chi connectivity index (χ0n) is 9.55. The van der Waals surface area contributed by atoms with Gasteiger partial charge in [0.05, 0.1) is 12.7 Å². The molecule has 1 aromatic rings. The number of hydrogen-bond donors (Lipinski definition) is 0. The number of hydrogen-bond acceptors (Lipinski definition) is 4. The van der Waals surface area contributed by atoms with Crippen LogP contribution in [-0.4, -0.2) is 18.4 Å². The molecule has 0 fully saturated rings. The number of esters is 1. The van der Waals surface area contributed by atoms with Crippen LogP contribution in [-0.2, 0) is 14.3 Å². The molecule has 4 heteroatoms. The van der Waals surface area contributed by atoms with Gasteiger partial charge in [0.2, 0.25) is 0 Å². The molecule has 0 aliphatic heterocycles. The fraction of sp³-hybridized carbons (Fsp3) is 0.308. The highest BCUT2D eigenvalue weighted by Gasteiger charge is 2.27. The van der Waals surface area contributed by atoms with Gasteiger partial charge in [0, 0.05) is 0 Å². The van der Waals surface area contributed by atoms with Crippen LogP contribution >= 0.6 is 0 Å². The molecule has 0 bridgehead atoms. The van der Waals surface area contributed by atoms with Gasteiger partial charge < -0.3 is 4.74 Å². The number of nitrogens with zero attached hydrogens (tertiary/aromatic N) is 1. The second-order valence-electron chi connectivity index (χ2n) is 3.47. The van der Waals surface area contributed by atoms with Crippen LogP contribution in [0.15, 0.2) is 30.3 Å². The van der Waals surface area contributed by atoms with E-state index >= 15 is 0 Å². The molecule has 0 radical (unpaired) electrons. The molecule has 1 rings (SSSR count). The Morgan fingerprint density at radius 3 is 2.53 bits per heavy atom. The lowest BCUT2D eigenvalue weighted by molar-refractivity contribution is -0.154. The maximum Gasteiger partial charge on any atom is 0.376 e. The van der Waals surface area contributed by atoms with E-state index in [1.165, 1.54) is 0 Å². The number of nitriles is 1. The summed E-state index contributed by atoms with van der Waals surface area (Å²) in [7, 11) is 0. The maximum atomic E-state index is 11.7. The third-order valence-electron chi connectivity index (χ3n) is 2.16. The summed E-state index contributed by atoms with van der Waals surface area (Å²) >= 11 is 0.